The lowest BCUT2D eigenvalue weighted by atomic mass is 10.1. The SMILES string of the molecule is C/C(=N/OCCCO)c1ccccc1NS(=O)(=O)c1cc[c]cc1. The molecule has 6 nitrogen and oxygen atoms in total. The van der Waals surface area contributed by atoms with Crippen LogP contribution in [0.3, 0.4) is 0 Å². The van der Waals surface area contributed by atoms with Crippen molar-refractivity contribution in [1.82, 2.24) is 0 Å². The largest absolute Gasteiger partial charge is 0.396 e. The summed E-state index contributed by atoms with van der Waals surface area (Å²) in [7, 11) is -3.70. The fourth-order valence-corrected chi connectivity index (χ4v) is 3.04. The molecular formula is C17H19N2O4S. The second-order valence-corrected chi connectivity index (χ2v) is 6.66. The first-order valence-electron chi connectivity index (χ1n) is 7.40. The summed E-state index contributed by atoms with van der Waals surface area (Å²) in [6, 6.07) is 15.8. The maximum atomic E-state index is 12.5. The van der Waals surface area contributed by atoms with Gasteiger partial charge in [0.1, 0.15) is 6.61 Å². The third kappa shape index (κ3) is 4.81. The molecule has 0 saturated carbocycles. The molecule has 0 aliphatic rings. The molecule has 0 spiro atoms. The highest BCUT2D eigenvalue weighted by Gasteiger charge is 2.16. The lowest BCUT2D eigenvalue weighted by Gasteiger charge is -2.12. The van der Waals surface area contributed by atoms with Gasteiger partial charge in [0.2, 0.25) is 0 Å². The third-order valence-corrected chi connectivity index (χ3v) is 4.54. The monoisotopic (exact) mass is 347 g/mol. The maximum Gasteiger partial charge on any atom is 0.261 e. The van der Waals surface area contributed by atoms with Crippen molar-refractivity contribution >= 4 is 21.4 Å². The summed E-state index contributed by atoms with van der Waals surface area (Å²) in [4.78, 5) is 5.26. The molecule has 7 heteroatoms. The minimum Gasteiger partial charge on any atom is -0.396 e. The summed E-state index contributed by atoms with van der Waals surface area (Å²) in [6.45, 7) is 2.05. The van der Waals surface area contributed by atoms with Gasteiger partial charge >= 0.3 is 0 Å². The van der Waals surface area contributed by atoms with Crippen LogP contribution in [0.25, 0.3) is 0 Å². The molecule has 0 aliphatic heterocycles. The number of benzene rings is 2. The fraction of sp³-hybridized carbons (Fsp3) is 0.235. The van der Waals surface area contributed by atoms with E-state index in [1.54, 1.807) is 43.3 Å². The highest BCUT2D eigenvalue weighted by atomic mass is 32.2. The predicted molar refractivity (Wildman–Crippen MR) is 92.4 cm³/mol. The van der Waals surface area contributed by atoms with Gasteiger partial charge < -0.3 is 9.94 Å². The number of aliphatic hydroxyl groups is 1. The zero-order valence-corrected chi connectivity index (χ0v) is 14.1. The number of para-hydroxylation sites is 1. The van der Waals surface area contributed by atoms with E-state index in [9.17, 15) is 8.42 Å². The molecule has 0 amide bonds. The van der Waals surface area contributed by atoms with Crippen LogP contribution >= 0.6 is 0 Å². The molecule has 0 bridgehead atoms. The van der Waals surface area contributed by atoms with Crippen molar-refractivity contribution in [3.05, 3.63) is 60.2 Å². The summed E-state index contributed by atoms with van der Waals surface area (Å²) >= 11 is 0. The lowest BCUT2D eigenvalue weighted by molar-refractivity contribution is 0.124. The van der Waals surface area contributed by atoms with Gasteiger partial charge in [0.25, 0.3) is 10.0 Å². The lowest BCUT2D eigenvalue weighted by Crippen LogP contribution is -2.15. The van der Waals surface area contributed by atoms with Crippen LogP contribution in [0.4, 0.5) is 5.69 Å². The minimum absolute atomic E-state index is 0.0272. The number of nitrogens with one attached hydrogen (secondary N) is 1. The molecule has 2 aromatic rings. The Kier molecular flexibility index (Phi) is 6.34. The molecule has 2 aromatic carbocycles. The first kappa shape index (κ1) is 18.0. The first-order valence-corrected chi connectivity index (χ1v) is 8.88. The first-order chi connectivity index (χ1) is 11.5. The zero-order valence-electron chi connectivity index (χ0n) is 13.3. The Morgan fingerprint density at radius 3 is 2.67 bits per heavy atom. The number of nitrogens with zero attached hydrogens (tertiary/aromatic N) is 1. The van der Waals surface area contributed by atoms with Gasteiger partial charge in [-0.25, -0.2) is 8.42 Å². The van der Waals surface area contributed by atoms with Crippen LogP contribution in [-0.4, -0.2) is 32.4 Å². The molecule has 2 N–H and O–H groups in total. The summed E-state index contributed by atoms with van der Waals surface area (Å²) in [5, 5.41) is 12.7. The highest BCUT2D eigenvalue weighted by molar-refractivity contribution is 7.92. The average molecular weight is 347 g/mol. The smallest absolute Gasteiger partial charge is 0.261 e. The molecule has 0 fully saturated rings. The Hall–Kier alpha value is -2.38. The maximum absolute atomic E-state index is 12.5. The number of hydrogen-bond donors (Lipinski definition) is 2. The molecule has 0 aliphatic carbocycles. The van der Waals surface area contributed by atoms with Gasteiger partial charge in [0.05, 0.1) is 16.3 Å². The summed E-state index contributed by atoms with van der Waals surface area (Å²) in [6.07, 6.45) is 0.482. The van der Waals surface area contributed by atoms with E-state index in [0.29, 0.717) is 30.0 Å². The minimum atomic E-state index is -3.70. The van der Waals surface area contributed by atoms with E-state index in [2.05, 4.69) is 15.9 Å². The van der Waals surface area contributed by atoms with Crippen molar-refractivity contribution in [2.75, 3.05) is 17.9 Å². The molecule has 0 aromatic heterocycles. The summed E-state index contributed by atoms with van der Waals surface area (Å²) < 4.78 is 27.5. The second kappa shape index (κ2) is 8.47. The molecule has 2 rings (SSSR count). The van der Waals surface area contributed by atoms with Crippen LogP contribution in [0.5, 0.6) is 0 Å². The van der Waals surface area contributed by atoms with E-state index in [-0.39, 0.29) is 11.5 Å². The fourth-order valence-electron chi connectivity index (χ4n) is 1.96. The number of oxime groups is 1. The topological polar surface area (TPSA) is 88.0 Å². The van der Waals surface area contributed by atoms with Gasteiger partial charge in [-0.15, -0.1) is 0 Å². The zero-order chi connectivity index (χ0) is 17.4. The summed E-state index contributed by atoms with van der Waals surface area (Å²) in [5.74, 6) is 0. The molecule has 0 unspecified atom stereocenters. The standard InChI is InChI=1S/C17H19N2O4S/c1-14(18-23-13-7-12-20)16-10-5-6-11-17(16)19-24(21,22)15-8-3-2-4-9-15/h3-6,8-11,19-20H,7,12-13H2,1H3/b18-14-. The molecule has 127 valence electrons. The van der Waals surface area contributed by atoms with E-state index in [4.69, 9.17) is 9.94 Å². The second-order valence-electron chi connectivity index (χ2n) is 4.97. The van der Waals surface area contributed by atoms with Crippen molar-refractivity contribution in [2.45, 2.75) is 18.2 Å². The number of hydrogen-bond acceptors (Lipinski definition) is 5. The number of anilines is 1. The van der Waals surface area contributed by atoms with Gasteiger partial charge in [-0.1, -0.05) is 35.5 Å². The van der Waals surface area contributed by atoms with Crippen molar-refractivity contribution in [1.29, 1.82) is 0 Å². The van der Waals surface area contributed by atoms with Crippen LogP contribution in [0.1, 0.15) is 18.9 Å². The highest BCUT2D eigenvalue weighted by Crippen LogP contribution is 2.20. The van der Waals surface area contributed by atoms with Crippen LogP contribution < -0.4 is 4.72 Å². The van der Waals surface area contributed by atoms with E-state index in [0.717, 1.165) is 0 Å². The molecule has 0 atom stereocenters. The van der Waals surface area contributed by atoms with Crippen molar-refractivity contribution in [3.8, 4) is 0 Å². The van der Waals surface area contributed by atoms with E-state index in [1.165, 1.54) is 12.1 Å². The van der Waals surface area contributed by atoms with Crippen LogP contribution in [-0.2, 0) is 14.9 Å². The normalized spacial score (nSPS) is 12.0. The van der Waals surface area contributed by atoms with Gasteiger partial charge in [-0.05, 0) is 31.2 Å². The molecule has 24 heavy (non-hydrogen) atoms. The quantitative estimate of drug-likeness (QED) is 0.436. The molecule has 0 heterocycles. The van der Waals surface area contributed by atoms with Gasteiger partial charge in [-0.3, -0.25) is 4.72 Å². The van der Waals surface area contributed by atoms with Gasteiger partial charge in [0, 0.05) is 18.6 Å². The predicted octanol–water partition coefficient (Wildman–Crippen LogP) is 2.41. The Balaban J connectivity index is 2.23. The van der Waals surface area contributed by atoms with Crippen molar-refractivity contribution in [3.63, 3.8) is 0 Å². The van der Waals surface area contributed by atoms with E-state index in [1.807, 2.05) is 0 Å². The van der Waals surface area contributed by atoms with Crippen LogP contribution in [0.15, 0.2) is 58.6 Å². The van der Waals surface area contributed by atoms with Crippen molar-refractivity contribution in [2.24, 2.45) is 5.16 Å². The van der Waals surface area contributed by atoms with Crippen LogP contribution in [0.2, 0.25) is 0 Å². The molecular weight excluding hydrogens is 328 g/mol. The summed E-state index contributed by atoms with van der Waals surface area (Å²) in [5.41, 5.74) is 1.57. The van der Waals surface area contributed by atoms with E-state index < -0.39 is 10.0 Å². The van der Waals surface area contributed by atoms with E-state index >= 15 is 0 Å². The third-order valence-electron chi connectivity index (χ3n) is 3.15. The Bertz CT molecular complexity index is 789. The number of rotatable bonds is 8. The Morgan fingerprint density at radius 2 is 1.96 bits per heavy atom. The van der Waals surface area contributed by atoms with Crippen LogP contribution in [0, 0.1) is 6.07 Å². The van der Waals surface area contributed by atoms with Crippen molar-refractivity contribution < 1.29 is 18.4 Å². The molecule has 0 saturated heterocycles. The number of sulfonamides is 1. The average Bonchev–Trinajstić information content (AvgIpc) is 2.59. The number of aliphatic hydroxyl groups excluding tert-OH is 1. The van der Waals surface area contributed by atoms with Gasteiger partial charge in [-0.2, -0.15) is 0 Å². The molecule has 1 radical (unpaired) electrons. The Morgan fingerprint density at radius 1 is 1.25 bits per heavy atom. The Labute approximate surface area is 141 Å². The van der Waals surface area contributed by atoms with Gasteiger partial charge in [0.15, 0.2) is 0 Å².